The van der Waals surface area contributed by atoms with Gasteiger partial charge < -0.3 is 5.73 Å². The van der Waals surface area contributed by atoms with Gasteiger partial charge in [0, 0.05) is 6.04 Å². The summed E-state index contributed by atoms with van der Waals surface area (Å²) in [5, 5.41) is 12.4. The van der Waals surface area contributed by atoms with Gasteiger partial charge in [-0.2, -0.15) is 0 Å². The number of halogens is 1. The summed E-state index contributed by atoms with van der Waals surface area (Å²) in [6, 6.07) is 5.52. The first-order chi connectivity index (χ1) is 10.2. The van der Waals surface area contributed by atoms with Crippen LogP contribution in [0.25, 0.3) is 0 Å². The van der Waals surface area contributed by atoms with E-state index in [9.17, 15) is 4.39 Å². The molecule has 1 aromatic heterocycles. The van der Waals surface area contributed by atoms with Gasteiger partial charge in [0.25, 0.3) is 0 Å². The summed E-state index contributed by atoms with van der Waals surface area (Å²) >= 11 is 1.29. The third kappa shape index (κ3) is 3.24. The topological polar surface area (TPSA) is 69.6 Å². The highest BCUT2D eigenvalue weighted by Gasteiger charge is 2.28. The molecule has 21 heavy (non-hydrogen) atoms. The Morgan fingerprint density at radius 1 is 1.48 bits per heavy atom. The first-order valence-electron chi connectivity index (χ1n) is 7.17. The van der Waals surface area contributed by atoms with E-state index in [0.29, 0.717) is 22.5 Å². The van der Waals surface area contributed by atoms with Gasteiger partial charge in [-0.25, -0.2) is 9.07 Å². The fourth-order valence-corrected chi connectivity index (χ4v) is 3.13. The predicted octanol–water partition coefficient (Wildman–Crippen LogP) is 2.58. The summed E-state index contributed by atoms with van der Waals surface area (Å²) in [5.74, 6) is -0.244. The Morgan fingerprint density at radius 2 is 2.29 bits per heavy atom. The minimum atomic E-state index is -0.244. The molecule has 1 heterocycles. The van der Waals surface area contributed by atoms with Gasteiger partial charge in [-0.1, -0.05) is 19.1 Å². The number of tetrazole rings is 1. The minimum absolute atomic E-state index is 0.0329. The van der Waals surface area contributed by atoms with Gasteiger partial charge in [-0.05, 0) is 59.5 Å². The van der Waals surface area contributed by atoms with Crippen LogP contribution < -0.4 is 5.73 Å². The van der Waals surface area contributed by atoms with Gasteiger partial charge in [0.1, 0.15) is 5.82 Å². The monoisotopic (exact) mass is 307 g/mol. The van der Waals surface area contributed by atoms with Crippen molar-refractivity contribution in [1.29, 1.82) is 0 Å². The fourth-order valence-electron chi connectivity index (χ4n) is 2.15. The fraction of sp³-hybridized carbons (Fsp3) is 0.500. The van der Waals surface area contributed by atoms with Crippen LogP contribution in [-0.4, -0.2) is 26.2 Å². The maximum Gasteiger partial charge on any atom is 0.214 e. The molecule has 1 fully saturated rings. The first-order valence-corrected chi connectivity index (χ1v) is 7.99. The van der Waals surface area contributed by atoms with E-state index in [1.54, 1.807) is 10.7 Å². The van der Waals surface area contributed by atoms with Gasteiger partial charge in [0.2, 0.25) is 5.16 Å². The lowest BCUT2D eigenvalue weighted by Crippen LogP contribution is -2.21. The van der Waals surface area contributed by atoms with Crippen LogP contribution in [0.3, 0.4) is 0 Å². The molecule has 3 rings (SSSR count). The molecule has 0 amide bonds. The van der Waals surface area contributed by atoms with Crippen molar-refractivity contribution < 1.29 is 4.39 Å². The molecule has 1 aliphatic carbocycles. The lowest BCUT2D eigenvalue weighted by atomic mass is 10.0. The molecule has 1 atom stereocenters. The van der Waals surface area contributed by atoms with Gasteiger partial charge in [0.15, 0.2) is 0 Å². The summed E-state index contributed by atoms with van der Waals surface area (Å²) in [7, 11) is 0. The zero-order valence-corrected chi connectivity index (χ0v) is 12.7. The Bertz CT molecular complexity index is 626. The van der Waals surface area contributed by atoms with E-state index in [2.05, 4.69) is 15.5 Å². The van der Waals surface area contributed by atoms with Crippen molar-refractivity contribution in [3.05, 3.63) is 29.6 Å². The standard InChI is InChI=1S/C14H18FN5S/c1-2-10(16)8-9-4-3-5-12(15)13(9)21-14-17-18-19-20(14)11-6-7-11/h3-5,10-11H,2,6-8,16H2,1H3. The molecule has 7 heteroatoms. The first kappa shape index (κ1) is 14.5. The number of hydrogen-bond donors (Lipinski definition) is 1. The Labute approximate surface area is 127 Å². The number of hydrogen-bond acceptors (Lipinski definition) is 5. The molecule has 0 aliphatic heterocycles. The summed E-state index contributed by atoms with van der Waals surface area (Å²) in [6.07, 6.45) is 3.69. The van der Waals surface area contributed by atoms with Crippen LogP contribution in [0.2, 0.25) is 0 Å². The van der Waals surface area contributed by atoms with Crippen LogP contribution in [0.1, 0.15) is 37.8 Å². The molecular formula is C14H18FN5S. The minimum Gasteiger partial charge on any atom is -0.327 e. The number of nitrogens with zero attached hydrogens (tertiary/aromatic N) is 4. The van der Waals surface area contributed by atoms with Crippen molar-refractivity contribution in [3.8, 4) is 0 Å². The SMILES string of the molecule is CCC(N)Cc1cccc(F)c1Sc1nnnn1C1CC1. The quantitative estimate of drug-likeness (QED) is 0.888. The molecule has 0 saturated heterocycles. The molecule has 0 bridgehead atoms. The maximum atomic E-state index is 14.2. The van der Waals surface area contributed by atoms with E-state index >= 15 is 0 Å². The average molecular weight is 307 g/mol. The summed E-state index contributed by atoms with van der Waals surface area (Å²) in [5.41, 5.74) is 6.92. The van der Waals surface area contributed by atoms with Crippen LogP contribution in [0, 0.1) is 5.82 Å². The summed E-state index contributed by atoms with van der Waals surface area (Å²) in [4.78, 5) is 0.582. The summed E-state index contributed by atoms with van der Waals surface area (Å²) < 4.78 is 16.0. The Morgan fingerprint density at radius 3 is 3.00 bits per heavy atom. The highest BCUT2D eigenvalue weighted by molar-refractivity contribution is 7.99. The lowest BCUT2D eigenvalue weighted by molar-refractivity contribution is 0.561. The van der Waals surface area contributed by atoms with Crippen LogP contribution >= 0.6 is 11.8 Å². The van der Waals surface area contributed by atoms with E-state index < -0.39 is 0 Å². The molecule has 112 valence electrons. The highest BCUT2D eigenvalue weighted by atomic mass is 32.2. The largest absolute Gasteiger partial charge is 0.327 e. The third-order valence-corrected chi connectivity index (χ3v) is 4.72. The van der Waals surface area contributed by atoms with Gasteiger partial charge in [-0.15, -0.1) is 5.10 Å². The lowest BCUT2D eigenvalue weighted by Gasteiger charge is -2.13. The van der Waals surface area contributed by atoms with Crippen molar-refractivity contribution in [1.82, 2.24) is 20.2 Å². The van der Waals surface area contributed by atoms with Crippen molar-refractivity contribution in [3.63, 3.8) is 0 Å². The summed E-state index contributed by atoms with van der Waals surface area (Å²) in [6.45, 7) is 2.03. The zero-order chi connectivity index (χ0) is 14.8. The van der Waals surface area contributed by atoms with Crippen molar-refractivity contribution in [2.75, 3.05) is 0 Å². The second-order valence-electron chi connectivity index (χ2n) is 5.34. The van der Waals surface area contributed by atoms with Crippen molar-refractivity contribution in [2.24, 2.45) is 5.73 Å². The van der Waals surface area contributed by atoms with E-state index in [0.717, 1.165) is 24.8 Å². The molecule has 5 nitrogen and oxygen atoms in total. The average Bonchev–Trinajstić information content (AvgIpc) is 3.22. The van der Waals surface area contributed by atoms with E-state index in [1.165, 1.54) is 17.8 Å². The van der Waals surface area contributed by atoms with Crippen molar-refractivity contribution in [2.45, 2.75) is 54.7 Å². The molecule has 0 spiro atoms. The van der Waals surface area contributed by atoms with Crippen LogP contribution in [0.5, 0.6) is 0 Å². The molecule has 1 unspecified atom stereocenters. The normalized spacial score (nSPS) is 16.1. The van der Waals surface area contributed by atoms with E-state index in [4.69, 9.17) is 5.73 Å². The van der Waals surface area contributed by atoms with Crippen LogP contribution in [0.15, 0.2) is 28.3 Å². The molecule has 2 aromatic rings. The third-order valence-electron chi connectivity index (χ3n) is 3.60. The Hall–Kier alpha value is -1.47. The smallest absolute Gasteiger partial charge is 0.214 e. The molecule has 1 saturated carbocycles. The second kappa shape index (κ2) is 6.11. The number of rotatable bonds is 6. The zero-order valence-electron chi connectivity index (χ0n) is 11.9. The van der Waals surface area contributed by atoms with E-state index in [-0.39, 0.29) is 11.9 Å². The maximum absolute atomic E-state index is 14.2. The molecule has 0 radical (unpaired) electrons. The second-order valence-corrected chi connectivity index (χ2v) is 6.32. The van der Waals surface area contributed by atoms with Gasteiger partial charge in [0.05, 0.1) is 10.9 Å². The molecular weight excluding hydrogens is 289 g/mol. The van der Waals surface area contributed by atoms with Crippen molar-refractivity contribution >= 4 is 11.8 Å². The Balaban J connectivity index is 1.88. The number of benzene rings is 1. The Kier molecular flexibility index (Phi) is 4.21. The van der Waals surface area contributed by atoms with Gasteiger partial charge in [-0.3, -0.25) is 0 Å². The number of nitrogens with two attached hydrogens (primary N) is 1. The van der Waals surface area contributed by atoms with Gasteiger partial charge >= 0.3 is 0 Å². The molecule has 1 aliphatic rings. The molecule has 2 N–H and O–H groups in total. The predicted molar refractivity (Wildman–Crippen MR) is 78.6 cm³/mol. The van der Waals surface area contributed by atoms with Crippen LogP contribution in [0.4, 0.5) is 4.39 Å². The van der Waals surface area contributed by atoms with E-state index in [1.807, 2.05) is 13.0 Å². The molecule has 1 aromatic carbocycles. The highest BCUT2D eigenvalue weighted by Crippen LogP contribution is 2.39. The number of aromatic nitrogens is 4. The van der Waals surface area contributed by atoms with Crippen LogP contribution in [-0.2, 0) is 6.42 Å².